The molecule has 1 saturated heterocycles. The standard InChI is InChI=1S/C29H27FN2O3/c30-27-8-5-21(6-9-27)20-35-28-3-1-2-25(16-28)29(33)32-12-13-34-19-23(18-32)14-22-4-7-26-17-31-11-10-24(26)15-22/h1-11,15-17,23H,12-14,18-20H2/t23-/m0/s1. The van der Waals surface area contributed by atoms with Crippen molar-refractivity contribution in [2.45, 2.75) is 13.0 Å². The summed E-state index contributed by atoms with van der Waals surface area (Å²) in [4.78, 5) is 19.4. The Morgan fingerprint density at radius 3 is 2.77 bits per heavy atom. The Morgan fingerprint density at radius 2 is 1.89 bits per heavy atom. The highest BCUT2D eigenvalue weighted by Crippen LogP contribution is 2.21. The molecule has 2 heterocycles. The largest absolute Gasteiger partial charge is 0.489 e. The molecule has 0 bridgehead atoms. The molecule has 1 amide bonds. The van der Waals surface area contributed by atoms with E-state index in [1.807, 2.05) is 35.4 Å². The van der Waals surface area contributed by atoms with E-state index in [1.165, 1.54) is 17.7 Å². The van der Waals surface area contributed by atoms with Crippen molar-refractivity contribution in [1.82, 2.24) is 9.88 Å². The molecule has 1 atom stereocenters. The van der Waals surface area contributed by atoms with Crippen LogP contribution in [0.2, 0.25) is 0 Å². The lowest BCUT2D eigenvalue weighted by molar-refractivity contribution is 0.0737. The number of hydrogen-bond donors (Lipinski definition) is 0. The predicted octanol–water partition coefficient (Wildman–Crippen LogP) is 5.28. The minimum absolute atomic E-state index is 0.0303. The topological polar surface area (TPSA) is 51.7 Å². The second kappa shape index (κ2) is 10.7. The molecule has 5 nitrogen and oxygen atoms in total. The Kier molecular flexibility index (Phi) is 7.00. The van der Waals surface area contributed by atoms with Crippen molar-refractivity contribution in [2.75, 3.05) is 26.3 Å². The number of carbonyl (C=O) groups excluding carboxylic acids is 1. The maximum atomic E-state index is 13.4. The van der Waals surface area contributed by atoms with Gasteiger partial charge >= 0.3 is 0 Å². The molecule has 5 rings (SSSR count). The third-order valence-corrected chi connectivity index (χ3v) is 6.25. The second-order valence-corrected chi connectivity index (χ2v) is 8.90. The summed E-state index contributed by atoms with van der Waals surface area (Å²) >= 11 is 0. The number of carbonyl (C=O) groups is 1. The lowest BCUT2D eigenvalue weighted by atomic mass is 9.97. The molecule has 0 aliphatic carbocycles. The summed E-state index contributed by atoms with van der Waals surface area (Å²) in [6.45, 7) is 2.64. The first kappa shape index (κ1) is 23.0. The monoisotopic (exact) mass is 470 g/mol. The third kappa shape index (κ3) is 5.84. The molecule has 35 heavy (non-hydrogen) atoms. The number of aromatic nitrogens is 1. The Balaban J connectivity index is 1.24. The maximum Gasteiger partial charge on any atom is 0.254 e. The molecular weight excluding hydrogens is 443 g/mol. The van der Waals surface area contributed by atoms with Gasteiger partial charge < -0.3 is 14.4 Å². The first-order valence-corrected chi connectivity index (χ1v) is 11.8. The van der Waals surface area contributed by atoms with Crippen LogP contribution in [0.4, 0.5) is 4.39 Å². The van der Waals surface area contributed by atoms with E-state index in [4.69, 9.17) is 9.47 Å². The van der Waals surface area contributed by atoms with Crippen molar-refractivity contribution in [1.29, 1.82) is 0 Å². The number of pyridine rings is 1. The number of rotatable bonds is 6. The summed E-state index contributed by atoms with van der Waals surface area (Å²) in [5.41, 5.74) is 2.67. The summed E-state index contributed by atoms with van der Waals surface area (Å²) in [5, 5.41) is 2.28. The summed E-state index contributed by atoms with van der Waals surface area (Å²) < 4.78 is 24.8. The first-order valence-electron chi connectivity index (χ1n) is 11.8. The summed E-state index contributed by atoms with van der Waals surface area (Å²) in [5.74, 6) is 0.503. The number of fused-ring (bicyclic) bond motifs is 1. The SMILES string of the molecule is O=C(c1cccc(OCc2ccc(F)cc2)c1)N1CCOC[C@@H](Cc2ccc3cnccc3c2)C1. The molecular formula is C29H27FN2O3. The van der Waals surface area contributed by atoms with Gasteiger partial charge in [-0.15, -0.1) is 0 Å². The van der Waals surface area contributed by atoms with E-state index >= 15 is 0 Å². The summed E-state index contributed by atoms with van der Waals surface area (Å²) in [6, 6.07) is 21.8. The van der Waals surface area contributed by atoms with Gasteiger partial charge in [0.05, 0.1) is 13.2 Å². The van der Waals surface area contributed by atoms with Crippen molar-refractivity contribution >= 4 is 16.7 Å². The number of nitrogens with zero attached hydrogens (tertiary/aromatic N) is 2. The van der Waals surface area contributed by atoms with Crippen LogP contribution in [-0.2, 0) is 17.8 Å². The van der Waals surface area contributed by atoms with Gasteiger partial charge in [-0.2, -0.15) is 0 Å². The summed E-state index contributed by atoms with van der Waals surface area (Å²) in [6.07, 6.45) is 4.51. The smallest absolute Gasteiger partial charge is 0.254 e. The van der Waals surface area contributed by atoms with Gasteiger partial charge in [0.1, 0.15) is 18.2 Å². The lowest BCUT2D eigenvalue weighted by Gasteiger charge is -2.24. The van der Waals surface area contributed by atoms with Gasteiger partial charge in [0.15, 0.2) is 0 Å². The Labute approximate surface area is 204 Å². The van der Waals surface area contributed by atoms with Crippen LogP contribution in [0.15, 0.2) is 85.2 Å². The fourth-order valence-corrected chi connectivity index (χ4v) is 4.43. The van der Waals surface area contributed by atoms with Gasteiger partial charge in [-0.25, -0.2) is 4.39 Å². The van der Waals surface area contributed by atoms with Crippen molar-refractivity contribution in [3.8, 4) is 5.75 Å². The number of halogens is 1. The molecule has 1 aliphatic heterocycles. The van der Waals surface area contributed by atoms with Crippen LogP contribution in [0.5, 0.6) is 5.75 Å². The van der Waals surface area contributed by atoms with E-state index in [2.05, 4.69) is 23.2 Å². The highest BCUT2D eigenvalue weighted by atomic mass is 19.1. The minimum atomic E-state index is -0.279. The highest BCUT2D eigenvalue weighted by molar-refractivity contribution is 5.94. The number of hydrogen-bond acceptors (Lipinski definition) is 4. The Hall–Kier alpha value is -3.77. The molecule has 0 unspecified atom stereocenters. The Bertz CT molecular complexity index is 1310. The van der Waals surface area contributed by atoms with Gasteiger partial charge in [-0.1, -0.05) is 36.4 Å². The van der Waals surface area contributed by atoms with E-state index in [-0.39, 0.29) is 17.6 Å². The van der Waals surface area contributed by atoms with Crippen LogP contribution < -0.4 is 4.74 Å². The fraction of sp³-hybridized carbons (Fsp3) is 0.241. The second-order valence-electron chi connectivity index (χ2n) is 8.90. The van der Waals surface area contributed by atoms with Crippen molar-refractivity contribution in [3.05, 3.63) is 108 Å². The maximum absolute atomic E-state index is 13.4. The average molecular weight is 471 g/mol. The molecule has 3 aromatic carbocycles. The van der Waals surface area contributed by atoms with Crippen LogP contribution in [0.25, 0.3) is 10.8 Å². The van der Waals surface area contributed by atoms with Gasteiger partial charge in [-0.05, 0) is 59.3 Å². The molecule has 0 radical (unpaired) electrons. The predicted molar refractivity (Wildman–Crippen MR) is 133 cm³/mol. The average Bonchev–Trinajstić information content (AvgIpc) is 3.13. The van der Waals surface area contributed by atoms with Crippen LogP contribution in [-0.4, -0.2) is 42.1 Å². The molecule has 0 spiro atoms. The van der Waals surface area contributed by atoms with Gasteiger partial charge in [-0.3, -0.25) is 9.78 Å². The fourth-order valence-electron chi connectivity index (χ4n) is 4.43. The van der Waals surface area contributed by atoms with Crippen LogP contribution in [0.1, 0.15) is 21.5 Å². The summed E-state index contributed by atoms with van der Waals surface area (Å²) in [7, 11) is 0. The molecule has 1 fully saturated rings. The zero-order valence-corrected chi connectivity index (χ0v) is 19.4. The molecule has 0 saturated carbocycles. The zero-order chi connectivity index (χ0) is 24.0. The molecule has 1 aromatic heterocycles. The highest BCUT2D eigenvalue weighted by Gasteiger charge is 2.24. The van der Waals surface area contributed by atoms with Crippen LogP contribution in [0.3, 0.4) is 0 Å². The van der Waals surface area contributed by atoms with Gasteiger partial charge in [0, 0.05) is 42.4 Å². The van der Waals surface area contributed by atoms with Crippen molar-refractivity contribution in [2.24, 2.45) is 5.92 Å². The number of amides is 1. The van der Waals surface area contributed by atoms with E-state index < -0.39 is 0 Å². The number of benzene rings is 3. The normalized spacial score (nSPS) is 16.1. The molecule has 0 N–H and O–H groups in total. The molecule has 1 aliphatic rings. The quantitative estimate of drug-likeness (QED) is 0.385. The lowest BCUT2D eigenvalue weighted by Crippen LogP contribution is -2.36. The van der Waals surface area contributed by atoms with E-state index in [9.17, 15) is 9.18 Å². The first-order chi connectivity index (χ1) is 17.1. The van der Waals surface area contributed by atoms with Crippen LogP contribution >= 0.6 is 0 Å². The third-order valence-electron chi connectivity index (χ3n) is 6.25. The van der Waals surface area contributed by atoms with E-state index in [0.29, 0.717) is 44.2 Å². The van der Waals surface area contributed by atoms with Gasteiger partial charge in [0.25, 0.3) is 5.91 Å². The van der Waals surface area contributed by atoms with Crippen molar-refractivity contribution < 1.29 is 18.7 Å². The molecule has 6 heteroatoms. The minimum Gasteiger partial charge on any atom is -0.489 e. The van der Waals surface area contributed by atoms with E-state index in [1.54, 1.807) is 24.4 Å². The number of ether oxygens (including phenoxy) is 2. The molecule has 178 valence electrons. The van der Waals surface area contributed by atoms with Gasteiger partial charge in [0.2, 0.25) is 0 Å². The van der Waals surface area contributed by atoms with Crippen molar-refractivity contribution in [3.63, 3.8) is 0 Å². The molecule has 4 aromatic rings. The zero-order valence-electron chi connectivity index (χ0n) is 19.4. The van der Waals surface area contributed by atoms with Crippen LogP contribution in [0, 0.1) is 11.7 Å². The van der Waals surface area contributed by atoms with E-state index in [0.717, 1.165) is 22.8 Å². The Morgan fingerprint density at radius 1 is 1.03 bits per heavy atom.